The van der Waals surface area contributed by atoms with Crippen LogP contribution in [0.25, 0.3) is 10.9 Å². The smallest absolute Gasteiger partial charge is 0.293 e. The van der Waals surface area contributed by atoms with Crippen LogP contribution in [0.15, 0.2) is 29.1 Å². The van der Waals surface area contributed by atoms with E-state index in [-0.39, 0.29) is 22.3 Å². The summed E-state index contributed by atoms with van der Waals surface area (Å²) in [6, 6.07) is 5.18. The van der Waals surface area contributed by atoms with E-state index in [1.54, 1.807) is 0 Å². The molecule has 0 spiro atoms. The molecule has 0 atom stereocenters. The van der Waals surface area contributed by atoms with E-state index in [0.29, 0.717) is 0 Å². The normalized spacial score (nSPS) is 10.4. The summed E-state index contributed by atoms with van der Waals surface area (Å²) in [5.41, 5.74) is -0.776. The van der Waals surface area contributed by atoms with Crippen LogP contribution in [0, 0.1) is 10.1 Å². The van der Waals surface area contributed by atoms with E-state index in [1.807, 2.05) is 0 Å². The van der Waals surface area contributed by atoms with Gasteiger partial charge < -0.3 is 10.1 Å². The van der Waals surface area contributed by atoms with Crippen molar-refractivity contribution in [3.8, 4) is 5.75 Å². The largest absolute Gasteiger partial charge is 0.507 e. The van der Waals surface area contributed by atoms with E-state index in [2.05, 4.69) is 4.98 Å². The van der Waals surface area contributed by atoms with E-state index in [0.717, 1.165) is 6.07 Å². The monoisotopic (exact) mass is 206 g/mol. The summed E-state index contributed by atoms with van der Waals surface area (Å²) >= 11 is 0. The summed E-state index contributed by atoms with van der Waals surface area (Å²) < 4.78 is 0. The van der Waals surface area contributed by atoms with Gasteiger partial charge in [0.15, 0.2) is 0 Å². The maximum atomic E-state index is 11.0. The molecule has 0 aliphatic carbocycles. The van der Waals surface area contributed by atoms with E-state index < -0.39 is 10.5 Å². The number of nitrogens with zero attached hydrogens (tertiary/aromatic N) is 1. The first kappa shape index (κ1) is 9.20. The molecule has 0 saturated heterocycles. The van der Waals surface area contributed by atoms with Gasteiger partial charge in [0.2, 0.25) is 0 Å². The number of nitro benzene ring substituents is 1. The Labute approximate surface area is 82.9 Å². The Morgan fingerprint density at radius 1 is 1.40 bits per heavy atom. The highest BCUT2D eigenvalue weighted by Gasteiger charge is 2.14. The quantitative estimate of drug-likeness (QED) is 0.540. The molecule has 6 nitrogen and oxygen atoms in total. The maximum absolute atomic E-state index is 11.0. The SMILES string of the molecule is O=c1cc(O)c2cccc([N+](=O)[O-])c2[nH]1. The van der Waals surface area contributed by atoms with Gasteiger partial charge in [-0.25, -0.2) is 0 Å². The highest BCUT2D eigenvalue weighted by Crippen LogP contribution is 2.27. The van der Waals surface area contributed by atoms with Gasteiger partial charge in [-0.1, -0.05) is 6.07 Å². The van der Waals surface area contributed by atoms with Crippen LogP contribution in [-0.4, -0.2) is 15.0 Å². The van der Waals surface area contributed by atoms with E-state index in [1.165, 1.54) is 18.2 Å². The summed E-state index contributed by atoms with van der Waals surface area (Å²) in [5.74, 6) is -0.266. The molecule has 15 heavy (non-hydrogen) atoms. The van der Waals surface area contributed by atoms with Crippen molar-refractivity contribution in [2.45, 2.75) is 0 Å². The topological polar surface area (TPSA) is 96.2 Å². The molecule has 0 aliphatic heterocycles. The molecule has 2 N–H and O–H groups in total. The second-order valence-electron chi connectivity index (χ2n) is 2.98. The molecule has 0 amide bonds. The third-order valence-electron chi connectivity index (χ3n) is 2.03. The van der Waals surface area contributed by atoms with Crippen LogP contribution in [0.3, 0.4) is 0 Å². The van der Waals surface area contributed by atoms with Crippen molar-refractivity contribution in [3.63, 3.8) is 0 Å². The number of aromatic hydroxyl groups is 1. The molecule has 0 fully saturated rings. The molecule has 1 aromatic heterocycles. The van der Waals surface area contributed by atoms with Crippen LogP contribution in [0.1, 0.15) is 0 Å². The number of aromatic nitrogens is 1. The van der Waals surface area contributed by atoms with Crippen molar-refractivity contribution in [1.29, 1.82) is 0 Å². The molecule has 6 heteroatoms. The van der Waals surface area contributed by atoms with Gasteiger partial charge in [-0.05, 0) is 6.07 Å². The number of nitrogens with one attached hydrogen (secondary N) is 1. The lowest BCUT2D eigenvalue weighted by Crippen LogP contribution is -2.04. The van der Waals surface area contributed by atoms with Gasteiger partial charge in [0.05, 0.1) is 4.92 Å². The third-order valence-corrected chi connectivity index (χ3v) is 2.03. The van der Waals surface area contributed by atoms with Gasteiger partial charge >= 0.3 is 0 Å². The number of benzene rings is 1. The summed E-state index contributed by atoms with van der Waals surface area (Å²) in [5, 5.41) is 20.3. The third kappa shape index (κ3) is 1.41. The van der Waals surface area contributed by atoms with Gasteiger partial charge in [-0.3, -0.25) is 14.9 Å². The maximum Gasteiger partial charge on any atom is 0.293 e. The van der Waals surface area contributed by atoms with Crippen LogP contribution in [0.5, 0.6) is 5.75 Å². The van der Waals surface area contributed by atoms with Crippen molar-refractivity contribution in [2.24, 2.45) is 0 Å². The molecule has 1 heterocycles. The average molecular weight is 206 g/mol. The number of pyridine rings is 1. The first-order valence-corrected chi connectivity index (χ1v) is 4.09. The van der Waals surface area contributed by atoms with Crippen molar-refractivity contribution in [1.82, 2.24) is 4.98 Å². The minimum Gasteiger partial charge on any atom is -0.507 e. The number of non-ortho nitro benzene ring substituents is 1. The van der Waals surface area contributed by atoms with Gasteiger partial charge in [-0.15, -0.1) is 0 Å². The molecule has 0 unspecified atom stereocenters. The van der Waals surface area contributed by atoms with Crippen LogP contribution in [0.4, 0.5) is 5.69 Å². The Morgan fingerprint density at radius 2 is 2.13 bits per heavy atom. The zero-order valence-corrected chi connectivity index (χ0v) is 7.43. The van der Waals surface area contributed by atoms with Gasteiger partial charge in [0.1, 0.15) is 11.3 Å². The molecule has 0 aliphatic rings. The molecule has 2 rings (SSSR count). The zero-order valence-electron chi connectivity index (χ0n) is 7.43. The summed E-state index contributed by atoms with van der Waals surface area (Å²) in [6.07, 6.45) is 0. The van der Waals surface area contributed by atoms with E-state index in [4.69, 9.17) is 0 Å². The fourth-order valence-electron chi connectivity index (χ4n) is 1.40. The standard InChI is InChI=1S/C9H6N2O4/c12-7-4-8(13)10-9-5(7)2-1-3-6(9)11(14)15/h1-4H,(H2,10,12,13). The fraction of sp³-hybridized carbons (Fsp3) is 0. The Balaban J connectivity index is 2.97. The van der Waals surface area contributed by atoms with Crippen molar-refractivity contribution < 1.29 is 10.0 Å². The molecule has 1 aromatic carbocycles. The number of H-pyrrole nitrogens is 1. The lowest BCUT2D eigenvalue weighted by Gasteiger charge is -2.00. The van der Waals surface area contributed by atoms with E-state index in [9.17, 15) is 20.0 Å². The van der Waals surface area contributed by atoms with Crippen molar-refractivity contribution >= 4 is 16.6 Å². The first-order valence-electron chi connectivity index (χ1n) is 4.09. The summed E-state index contributed by atoms with van der Waals surface area (Å²) in [4.78, 5) is 23.4. The number of nitro groups is 1. The fourth-order valence-corrected chi connectivity index (χ4v) is 1.40. The van der Waals surface area contributed by atoms with Crippen molar-refractivity contribution in [2.75, 3.05) is 0 Å². The molecule has 76 valence electrons. The molecule has 0 saturated carbocycles. The number of fused-ring (bicyclic) bond motifs is 1. The van der Waals surface area contributed by atoms with Gasteiger partial charge in [0, 0.05) is 17.5 Å². The minimum atomic E-state index is -0.613. The molecular formula is C9H6N2O4. The van der Waals surface area contributed by atoms with Gasteiger partial charge in [0.25, 0.3) is 11.2 Å². The second kappa shape index (κ2) is 3.09. The lowest BCUT2D eigenvalue weighted by atomic mass is 10.2. The number of para-hydroxylation sites is 1. The van der Waals surface area contributed by atoms with Crippen LogP contribution >= 0.6 is 0 Å². The first-order chi connectivity index (χ1) is 7.09. The van der Waals surface area contributed by atoms with E-state index >= 15 is 0 Å². The molecule has 0 radical (unpaired) electrons. The predicted octanol–water partition coefficient (Wildman–Crippen LogP) is 1.14. The highest BCUT2D eigenvalue weighted by atomic mass is 16.6. The summed E-state index contributed by atoms with van der Waals surface area (Å²) in [6.45, 7) is 0. The van der Waals surface area contributed by atoms with Gasteiger partial charge in [-0.2, -0.15) is 0 Å². The Kier molecular flexibility index (Phi) is 1.89. The number of rotatable bonds is 1. The second-order valence-corrected chi connectivity index (χ2v) is 2.98. The Hall–Kier alpha value is -2.37. The minimum absolute atomic E-state index is 0.0347. The highest BCUT2D eigenvalue weighted by molar-refractivity contribution is 5.91. The van der Waals surface area contributed by atoms with Crippen LogP contribution in [-0.2, 0) is 0 Å². The Morgan fingerprint density at radius 3 is 2.80 bits per heavy atom. The lowest BCUT2D eigenvalue weighted by molar-refractivity contribution is -0.383. The zero-order chi connectivity index (χ0) is 11.0. The van der Waals surface area contributed by atoms with Crippen molar-refractivity contribution in [3.05, 3.63) is 44.7 Å². The molecule has 0 bridgehead atoms. The number of aromatic amines is 1. The van der Waals surface area contributed by atoms with Crippen LogP contribution in [0.2, 0.25) is 0 Å². The number of hydrogen-bond donors (Lipinski definition) is 2. The molecule has 2 aromatic rings. The van der Waals surface area contributed by atoms with Crippen LogP contribution < -0.4 is 5.56 Å². The predicted molar refractivity (Wildman–Crippen MR) is 52.9 cm³/mol. The average Bonchev–Trinajstić information content (AvgIpc) is 2.16. The summed E-state index contributed by atoms with van der Waals surface area (Å²) in [7, 11) is 0. The Bertz CT molecular complexity index is 603. The number of hydrogen-bond acceptors (Lipinski definition) is 4. The molecular weight excluding hydrogens is 200 g/mol.